The molecule has 0 aromatic rings. The fraction of sp³-hybridized carbons (Fsp3) is 0.846. The molecule has 2 saturated heterocycles. The lowest BCUT2D eigenvalue weighted by Gasteiger charge is -2.36. The summed E-state index contributed by atoms with van der Waals surface area (Å²) in [5.41, 5.74) is -0.732. The predicted octanol–water partition coefficient (Wildman–Crippen LogP) is 0.954. The van der Waals surface area contributed by atoms with Gasteiger partial charge in [0.05, 0.1) is 0 Å². The number of Topliss-reactive ketones (excluding diaryl/α,β-unsaturated/α-hetero) is 1. The summed E-state index contributed by atoms with van der Waals surface area (Å²) in [5.74, 6) is 0.103. The average molecular weight is 238 g/mol. The number of nitrogens with zero attached hydrogens (tertiary/aromatic N) is 1. The highest BCUT2D eigenvalue weighted by atomic mass is 16.2. The van der Waals surface area contributed by atoms with Crippen LogP contribution in [0.15, 0.2) is 0 Å². The highest BCUT2D eigenvalue weighted by Crippen LogP contribution is 2.43. The van der Waals surface area contributed by atoms with Gasteiger partial charge in [0.15, 0.2) is 0 Å². The van der Waals surface area contributed by atoms with E-state index in [0.717, 1.165) is 19.4 Å². The number of nitrogens with one attached hydrogen (secondary N) is 1. The Morgan fingerprint density at radius 2 is 2.29 bits per heavy atom. The number of piperidine rings is 1. The molecule has 0 aromatic carbocycles. The van der Waals surface area contributed by atoms with Crippen LogP contribution >= 0.6 is 0 Å². The fourth-order valence-corrected chi connectivity index (χ4v) is 3.46. The van der Waals surface area contributed by atoms with Crippen molar-refractivity contribution in [3.05, 3.63) is 0 Å². The van der Waals surface area contributed by atoms with E-state index in [1.54, 1.807) is 6.92 Å². The maximum Gasteiger partial charge on any atom is 0.236 e. The van der Waals surface area contributed by atoms with Gasteiger partial charge < -0.3 is 10.2 Å². The summed E-state index contributed by atoms with van der Waals surface area (Å²) >= 11 is 0. The molecule has 2 aliphatic rings. The van der Waals surface area contributed by atoms with E-state index in [2.05, 4.69) is 5.32 Å². The summed E-state index contributed by atoms with van der Waals surface area (Å²) in [7, 11) is 1.94. The number of rotatable bonds is 3. The maximum absolute atomic E-state index is 12.5. The topological polar surface area (TPSA) is 49.4 Å². The quantitative estimate of drug-likeness (QED) is 0.745. The van der Waals surface area contributed by atoms with E-state index in [9.17, 15) is 9.59 Å². The number of amides is 1. The zero-order valence-electron chi connectivity index (χ0n) is 11.0. The third kappa shape index (κ3) is 1.69. The van der Waals surface area contributed by atoms with Gasteiger partial charge in [0, 0.05) is 18.6 Å². The normalized spacial score (nSPS) is 37.1. The second-order valence-electron chi connectivity index (χ2n) is 5.30. The molecule has 2 unspecified atom stereocenters. The van der Waals surface area contributed by atoms with Gasteiger partial charge in [-0.2, -0.15) is 0 Å². The van der Waals surface area contributed by atoms with E-state index in [1.807, 2.05) is 18.9 Å². The molecule has 4 nitrogen and oxygen atoms in total. The van der Waals surface area contributed by atoms with E-state index < -0.39 is 5.41 Å². The SMILES string of the molecule is CCC1(C(C)=O)CC2[C@@H](NC)CCCN2C1=O. The summed E-state index contributed by atoms with van der Waals surface area (Å²) in [6, 6.07) is 0.561. The van der Waals surface area contributed by atoms with Crippen LogP contribution in [0.3, 0.4) is 0 Å². The lowest BCUT2D eigenvalue weighted by atomic mass is 9.77. The van der Waals surface area contributed by atoms with Crippen LogP contribution in [0.2, 0.25) is 0 Å². The number of ketones is 1. The summed E-state index contributed by atoms with van der Waals surface area (Å²) in [6.07, 6.45) is 3.46. The Labute approximate surface area is 103 Å². The van der Waals surface area contributed by atoms with Crippen molar-refractivity contribution in [1.82, 2.24) is 10.2 Å². The van der Waals surface area contributed by atoms with Crippen LogP contribution in [0.5, 0.6) is 0 Å². The number of fused-ring (bicyclic) bond motifs is 1. The van der Waals surface area contributed by atoms with Crippen molar-refractivity contribution in [3.8, 4) is 0 Å². The maximum atomic E-state index is 12.5. The third-order valence-corrected chi connectivity index (χ3v) is 4.66. The number of hydrogen-bond donors (Lipinski definition) is 1. The Morgan fingerprint density at radius 1 is 1.59 bits per heavy atom. The first-order chi connectivity index (χ1) is 8.06. The Hall–Kier alpha value is -0.900. The predicted molar refractivity (Wildman–Crippen MR) is 65.6 cm³/mol. The van der Waals surface area contributed by atoms with Gasteiger partial charge >= 0.3 is 0 Å². The van der Waals surface area contributed by atoms with Crippen molar-refractivity contribution in [2.75, 3.05) is 13.6 Å². The van der Waals surface area contributed by atoms with E-state index in [-0.39, 0.29) is 17.7 Å². The van der Waals surface area contributed by atoms with Crippen LogP contribution in [-0.2, 0) is 9.59 Å². The highest BCUT2D eigenvalue weighted by molar-refractivity contribution is 6.06. The molecule has 2 heterocycles. The molecule has 2 fully saturated rings. The van der Waals surface area contributed by atoms with Gasteiger partial charge in [-0.15, -0.1) is 0 Å². The van der Waals surface area contributed by atoms with E-state index in [0.29, 0.717) is 18.9 Å². The second-order valence-corrected chi connectivity index (χ2v) is 5.30. The largest absolute Gasteiger partial charge is 0.337 e. The molecular formula is C13H22N2O2. The molecule has 0 bridgehead atoms. The van der Waals surface area contributed by atoms with Crippen molar-refractivity contribution in [1.29, 1.82) is 0 Å². The summed E-state index contributed by atoms with van der Waals surface area (Å²) in [4.78, 5) is 26.3. The van der Waals surface area contributed by atoms with Crippen molar-refractivity contribution >= 4 is 11.7 Å². The molecule has 1 N–H and O–H groups in total. The minimum atomic E-state index is -0.732. The van der Waals surface area contributed by atoms with Gasteiger partial charge in [-0.25, -0.2) is 0 Å². The summed E-state index contributed by atoms with van der Waals surface area (Å²) < 4.78 is 0. The van der Waals surface area contributed by atoms with E-state index >= 15 is 0 Å². The third-order valence-electron chi connectivity index (χ3n) is 4.66. The molecule has 0 radical (unpaired) electrons. The molecule has 0 saturated carbocycles. The molecule has 3 atom stereocenters. The molecule has 1 amide bonds. The van der Waals surface area contributed by atoms with Crippen LogP contribution in [0.1, 0.15) is 39.5 Å². The van der Waals surface area contributed by atoms with Crippen molar-refractivity contribution in [3.63, 3.8) is 0 Å². The van der Waals surface area contributed by atoms with Crippen molar-refractivity contribution in [2.45, 2.75) is 51.6 Å². The van der Waals surface area contributed by atoms with E-state index in [1.165, 1.54) is 0 Å². The Kier molecular flexibility index (Phi) is 3.25. The number of carbonyl (C=O) groups is 2. The fourth-order valence-electron chi connectivity index (χ4n) is 3.46. The lowest BCUT2D eigenvalue weighted by molar-refractivity contribution is -0.144. The minimum Gasteiger partial charge on any atom is -0.337 e. The standard InChI is InChI=1S/C13H22N2O2/c1-4-13(9(2)16)8-11-10(14-3)6-5-7-15(11)12(13)17/h10-11,14H,4-8H2,1-3H3/t10-,11?,13?/m0/s1. The second kappa shape index (κ2) is 4.41. The lowest BCUT2D eigenvalue weighted by Crippen LogP contribution is -2.51. The molecule has 0 aromatic heterocycles. The molecule has 0 spiro atoms. The van der Waals surface area contributed by atoms with Crippen LogP contribution < -0.4 is 5.32 Å². The Balaban J connectivity index is 2.31. The zero-order chi connectivity index (χ0) is 12.6. The molecule has 17 heavy (non-hydrogen) atoms. The number of carbonyl (C=O) groups excluding carboxylic acids is 2. The average Bonchev–Trinajstić information content (AvgIpc) is 2.63. The molecule has 96 valence electrons. The highest BCUT2D eigenvalue weighted by Gasteiger charge is 2.55. The first kappa shape index (κ1) is 12.6. The van der Waals surface area contributed by atoms with Gasteiger partial charge in [-0.3, -0.25) is 9.59 Å². The van der Waals surface area contributed by atoms with Gasteiger partial charge in [-0.05, 0) is 39.7 Å². The summed E-state index contributed by atoms with van der Waals surface area (Å²) in [6.45, 7) is 4.33. The van der Waals surface area contributed by atoms with Crippen LogP contribution in [-0.4, -0.2) is 42.3 Å². The Bertz CT molecular complexity index is 342. The van der Waals surface area contributed by atoms with Crippen LogP contribution in [0.4, 0.5) is 0 Å². The van der Waals surface area contributed by atoms with Crippen molar-refractivity contribution < 1.29 is 9.59 Å². The molecule has 2 aliphatic heterocycles. The first-order valence-corrected chi connectivity index (χ1v) is 6.56. The summed E-state index contributed by atoms with van der Waals surface area (Å²) in [5, 5.41) is 3.29. The van der Waals surface area contributed by atoms with Crippen LogP contribution in [0.25, 0.3) is 0 Å². The van der Waals surface area contributed by atoms with Gasteiger partial charge in [0.1, 0.15) is 11.2 Å². The van der Waals surface area contributed by atoms with Gasteiger partial charge in [-0.1, -0.05) is 6.92 Å². The van der Waals surface area contributed by atoms with Gasteiger partial charge in [0.2, 0.25) is 5.91 Å². The van der Waals surface area contributed by atoms with Gasteiger partial charge in [0.25, 0.3) is 0 Å². The smallest absolute Gasteiger partial charge is 0.236 e. The minimum absolute atomic E-state index is 0.0363. The van der Waals surface area contributed by atoms with Crippen LogP contribution in [0, 0.1) is 5.41 Å². The monoisotopic (exact) mass is 238 g/mol. The zero-order valence-corrected chi connectivity index (χ0v) is 11.0. The first-order valence-electron chi connectivity index (χ1n) is 6.56. The van der Waals surface area contributed by atoms with Crippen molar-refractivity contribution in [2.24, 2.45) is 5.41 Å². The number of hydrogen-bond acceptors (Lipinski definition) is 3. The molecular weight excluding hydrogens is 216 g/mol. The molecule has 2 rings (SSSR count). The molecule has 4 heteroatoms. The van der Waals surface area contributed by atoms with E-state index in [4.69, 9.17) is 0 Å². The Morgan fingerprint density at radius 3 is 2.82 bits per heavy atom. The number of likely N-dealkylation sites (N-methyl/N-ethyl adjacent to an activating group) is 1. The molecule has 0 aliphatic carbocycles.